The maximum absolute atomic E-state index is 5.89. The van der Waals surface area contributed by atoms with Crippen LogP contribution in [0.25, 0.3) is 138 Å². The van der Waals surface area contributed by atoms with Crippen LogP contribution in [0.5, 0.6) is 0 Å². The quantitative estimate of drug-likeness (QED) is 0.148. The lowest BCUT2D eigenvalue weighted by atomic mass is 9.97. The summed E-state index contributed by atoms with van der Waals surface area (Å²) in [5.74, 6) is 0.728. The molecule has 7 aromatic carbocycles. The molecule has 0 saturated heterocycles. The molecule has 9 heterocycles. The van der Waals surface area contributed by atoms with E-state index >= 15 is 0 Å². The van der Waals surface area contributed by atoms with Gasteiger partial charge in [0.15, 0.2) is 0 Å². The molecule has 0 atom stereocenters. The molecule has 0 fully saturated rings. The predicted octanol–water partition coefficient (Wildman–Crippen LogP) is 14.7. The first kappa shape index (κ1) is 42.0. The molecule has 11 heteroatoms. The summed E-state index contributed by atoms with van der Waals surface area (Å²) in [6.45, 7) is 0. The molecule has 0 unspecified atom stereocenters. The summed E-state index contributed by atoms with van der Waals surface area (Å²) in [5, 5.41) is 8.56. The number of aromatic nitrogens is 10. The van der Waals surface area contributed by atoms with Gasteiger partial charge in [-0.3, -0.25) is 29.5 Å². The number of hydrogen-bond donors (Lipinski definition) is 0. The van der Waals surface area contributed by atoms with Gasteiger partial charge in [-0.1, -0.05) is 103 Å². The molecule has 0 spiro atoms. The first-order chi connectivity index (χ1) is 37.8. The van der Waals surface area contributed by atoms with Gasteiger partial charge in [0.1, 0.15) is 5.82 Å². The monoisotopic (exact) mass is 975 g/mol. The van der Waals surface area contributed by atoms with Crippen molar-refractivity contribution >= 4 is 104 Å². The lowest BCUT2D eigenvalue weighted by Gasteiger charge is -2.30. The van der Waals surface area contributed by atoms with E-state index in [-0.39, 0.29) is 0 Å². The van der Waals surface area contributed by atoms with Crippen LogP contribution in [-0.4, -0.2) is 61.0 Å². The Labute approximate surface area is 433 Å². The average Bonchev–Trinajstić information content (AvgIpc) is 4.46. The lowest BCUT2D eigenvalue weighted by Crippen LogP contribution is -2.18. The maximum atomic E-state index is 5.89. The van der Waals surface area contributed by atoms with Crippen LogP contribution in [0.15, 0.2) is 230 Å². The second-order valence-corrected chi connectivity index (χ2v) is 19.1. The van der Waals surface area contributed by atoms with Crippen molar-refractivity contribution in [3.63, 3.8) is 0 Å². The standard InChI is InChI=1S/C65H41N11/c1-66-35-49-61(74-51-22-10-5-17-41(51)45-27-31-68-37-57(45)74)60(65-71-50-21-9-14-26-56(50)72(65)40-15-3-2-4-16-40)63(75-52-23-11-6-18-42(52)46-28-32-69-38-58(46)75)64(76-53-24-12-7-19-43(53)47-29-33-70-39-59(47)76)62(49)73-54-25-13-8-20-44(54)48-36-67-34-30-55(48)73/h2-39H,1H3/b66-35-. The Morgan fingerprint density at radius 3 is 1.29 bits per heavy atom. The molecule has 356 valence electrons. The second-order valence-electron chi connectivity index (χ2n) is 19.1. The van der Waals surface area contributed by atoms with Crippen LogP contribution in [-0.2, 0) is 0 Å². The van der Waals surface area contributed by atoms with Crippen LogP contribution in [0.3, 0.4) is 0 Å². The van der Waals surface area contributed by atoms with Gasteiger partial charge in [0.2, 0.25) is 0 Å². The second kappa shape index (κ2) is 16.2. The number of para-hydroxylation sites is 7. The molecule has 76 heavy (non-hydrogen) atoms. The largest absolute Gasteiger partial charge is 0.306 e. The van der Waals surface area contributed by atoms with Gasteiger partial charge in [-0.2, -0.15) is 0 Å². The maximum Gasteiger partial charge on any atom is 0.150 e. The lowest BCUT2D eigenvalue weighted by molar-refractivity contribution is 1.01. The number of pyridine rings is 4. The molecule has 16 aromatic rings. The molecule has 0 N–H and O–H groups in total. The molecule has 0 aliphatic rings. The fourth-order valence-corrected chi connectivity index (χ4v) is 12.3. The minimum Gasteiger partial charge on any atom is -0.306 e. The van der Waals surface area contributed by atoms with E-state index in [9.17, 15) is 0 Å². The fraction of sp³-hybridized carbons (Fsp3) is 0.0154. The van der Waals surface area contributed by atoms with Crippen LogP contribution in [0.4, 0.5) is 0 Å². The Morgan fingerprint density at radius 2 is 0.737 bits per heavy atom. The molecular formula is C65H41N11. The SMILES string of the molecule is C/N=C\c1c(-n2c3ccccc3c3ccncc32)c(-c2nc3ccccc3n2-c2ccccc2)c(-n2c3ccccc3c3ccncc32)c(-n2c3ccccc3c3ccncc32)c1-n1c2ccccc2c2cnccc21. The van der Waals surface area contributed by atoms with Gasteiger partial charge in [0, 0.05) is 98.6 Å². The van der Waals surface area contributed by atoms with Crippen molar-refractivity contribution in [1.82, 2.24) is 47.8 Å². The highest BCUT2D eigenvalue weighted by Gasteiger charge is 2.36. The highest BCUT2D eigenvalue weighted by molar-refractivity contribution is 6.18. The minimum atomic E-state index is 0.728. The van der Waals surface area contributed by atoms with E-state index in [0.717, 1.165) is 144 Å². The van der Waals surface area contributed by atoms with Gasteiger partial charge in [0.05, 0.1) is 102 Å². The van der Waals surface area contributed by atoms with E-state index in [0.29, 0.717) is 0 Å². The third-order valence-corrected chi connectivity index (χ3v) is 15.3. The molecule has 0 aliphatic carbocycles. The molecule has 0 bridgehead atoms. The van der Waals surface area contributed by atoms with E-state index in [4.69, 9.17) is 29.9 Å². The first-order valence-electron chi connectivity index (χ1n) is 25.3. The summed E-state index contributed by atoms with van der Waals surface area (Å²) in [7, 11) is 1.87. The highest BCUT2D eigenvalue weighted by Crippen LogP contribution is 2.52. The van der Waals surface area contributed by atoms with E-state index in [2.05, 4.69) is 205 Å². The third-order valence-electron chi connectivity index (χ3n) is 15.3. The Balaban J connectivity index is 1.31. The number of fused-ring (bicyclic) bond motifs is 13. The zero-order chi connectivity index (χ0) is 50.0. The van der Waals surface area contributed by atoms with Crippen molar-refractivity contribution < 1.29 is 0 Å². The summed E-state index contributed by atoms with van der Waals surface area (Å²) >= 11 is 0. The number of aliphatic imine (C=N–C) groups is 1. The third kappa shape index (κ3) is 5.76. The van der Waals surface area contributed by atoms with Gasteiger partial charge < -0.3 is 18.3 Å². The minimum absolute atomic E-state index is 0.728. The predicted molar refractivity (Wildman–Crippen MR) is 309 cm³/mol. The molecule has 0 radical (unpaired) electrons. The van der Waals surface area contributed by atoms with Gasteiger partial charge in [0.25, 0.3) is 0 Å². The molecule has 0 saturated carbocycles. The Kier molecular flexibility index (Phi) is 8.98. The topological polar surface area (TPSA) is 101 Å². The van der Waals surface area contributed by atoms with Gasteiger partial charge in [-0.15, -0.1) is 0 Å². The summed E-state index contributed by atoms with van der Waals surface area (Å²) < 4.78 is 12.0. The molecule has 9 aromatic heterocycles. The van der Waals surface area contributed by atoms with Crippen LogP contribution in [0.1, 0.15) is 5.56 Å². The molecule has 16 rings (SSSR count). The summed E-state index contributed by atoms with van der Waals surface area (Å²) in [5.41, 5.74) is 15.7. The van der Waals surface area contributed by atoms with E-state index < -0.39 is 0 Å². The molecular weight excluding hydrogens is 935 g/mol. The molecule has 0 amide bonds. The Morgan fingerprint density at radius 1 is 0.329 bits per heavy atom. The Bertz CT molecular complexity index is 4870. The van der Waals surface area contributed by atoms with Gasteiger partial charge in [-0.25, -0.2) is 4.98 Å². The zero-order valence-corrected chi connectivity index (χ0v) is 40.9. The van der Waals surface area contributed by atoms with Crippen LogP contribution >= 0.6 is 0 Å². The number of hydrogen-bond acceptors (Lipinski definition) is 6. The Hall–Kier alpha value is -10.5. The fourth-order valence-electron chi connectivity index (χ4n) is 12.3. The van der Waals surface area contributed by atoms with Crippen molar-refractivity contribution in [2.45, 2.75) is 0 Å². The summed E-state index contributed by atoms with van der Waals surface area (Å²) in [4.78, 5) is 30.5. The van der Waals surface area contributed by atoms with Crippen molar-refractivity contribution in [3.05, 3.63) is 231 Å². The van der Waals surface area contributed by atoms with Gasteiger partial charge in [-0.05, 0) is 72.8 Å². The smallest absolute Gasteiger partial charge is 0.150 e. The summed E-state index contributed by atoms with van der Waals surface area (Å²) in [6.07, 6.45) is 17.6. The average molecular weight is 976 g/mol. The molecule has 0 aliphatic heterocycles. The van der Waals surface area contributed by atoms with Crippen LogP contribution in [0, 0.1) is 0 Å². The van der Waals surface area contributed by atoms with E-state index in [1.807, 2.05) is 56.6 Å². The van der Waals surface area contributed by atoms with Crippen molar-refractivity contribution in [2.75, 3.05) is 7.05 Å². The van der Waals surface area contributed by atoms with Crippen molar-refractivity contribution in [3.8, 4) is 39.8 Å². The number of imidazole rings is 1. The highest BCUT2D eigenvalue weighted by atomic mass is 15.2. The van der Waals surface area contributed by atoms with Crippen molar-refractivity contribution in [2.24, 2.45) is 4.99 Å². The number of benzene rings is 7. The number of rotatable bonds is 7. The summed E-state index contributed by atoms with van der Waals surface area (Å²) in [6, 6.07) is 62.3. The van der Waals surface area contributed by atoms with Gasteiger partial charge >= 0.3 is 0 Å². The van der Waals surface area contributed by atoms with Crippen LogP contribution in [0.2, 0.25) is 0 Å². The first-order valence-corrected chi connectivity index (χ1v) is 25.3. The number of nitrogens with zero attached hydrogens (tertiary/aromatic N) is 11. The van der Waals surface area contributed by atoms with Crippen molar-refractivity contribution in [1.29, 1.82) is 0 Å². The normalized spacial score (nSPS) is 12.2. The van der Waals surface area contributed by atoms with E-state index in [1.165, 1.54) is 0 Å². The molecule has 11 nitrogen and oxygen atoms in total. The van der Waals surface area contributed by atoms with Crippen LogP contribution < -0.4 is 0 Å². The van der Waals surface area contributed by atoms with E-state index in [1.54, 1.807) is 0 Å². The zero-order valence-electron chi connectivity index (χ0n) is 40.9.